The summed E-state index contributed by atoms with van der Waals surface area (Å²) >= 11 is 0. The first-order valence-corrected chi connectivity index (χ1v) is 5.10. The maximum absolute atomic E-state index is 9.77. The molecule has 0 fully saturated rings. The quantitative estimate of drug-likeness (QED) is 0.742. The van der Waals surface area contributed by atoms with Gasteiger partial charge in [0.1, 0.15) is 0 Å². The minimum atomic E-state index is -0.348. The van der Waals surface area contributed by atoms with Crippen molar-refractivity contribution in [1.29, 1.82) is 0 Å². The van der Waals surface area contributed by atoms with Crippen LogP contribution in [0.4, 0.5) is 5.69 Å². The second-order valence-corrected chi connectivity index (χ2v) is 4.02. The van der Waals surface area contributed by atoms with E-state index in [1.54, 1.807) is 18.5 Å². The smallest absolute Gasteiger partial charge is 0.0594 e. The molecule has 0 aromatic carbocycles. The van der Waals surface area contributed by atoms with Crippen molar-refractivity contribution < 1.29 is 5.11 Å². The minimum absolute atomic E-state index is 0.348. The van der Waals surface area contributed by atoms with E-state index in [4.69, 9.17) is 5.73 Å². The Morgan fingerprint density at radius 2 is 2.27 bits per heavy atom. The SMILES string of the molecule is CN(C)CCC(O)Cc1cnccc1N. The summed E-state index contributed by atoms with van der Waals surface area (Å²) in [6.45, 7) is 0.876. The number of aliphatic hydroxyl groups is 1. The third-order valence-electron chi connectivity index (χ3n) is 2.31. The van der Waals surface area contributed by atoms with Crippen LogP contribution in [0.15, 0.2) is 18.5 Å². The number of aliphatic hydroxyl groups excluding tert-OH is 1. The first kappa shape index (κ1) is 11.9. The zero-order valence-corrected chi connectivity index (χ0v) is 9.35. The van der Waals surface area contributed by atoms with Crippen molar-refractivity contribution in [3.8, 4) is 0 Å². The number of hydrogen-bond acceptors (Lipinski definition) is 4. The fourth-order valence-electron chi connectivity index (χ4n) is 1.37. The Hall–Kier alpha value is -1.13. The zero-order valence-electron chi connectivity index (χ0n) is 9.35. The van der Waals surface area contributed by atoms with Gasteiger partial charge in [0.25, 0.3) is 0 Å². The number of nitrogens with zero attached hydrogens (tertiary/aromatic N) is 2. The molecule has 0 aliphatic rings. The van der Waals surface area contributed by atoms with Crippen LogP contribution in [0.3, 0.4) is 0 Å². The van der Waals surface area contributed by atoms with E-state index < -0.39 is 0 Å². The summed E-state index contributed by atoms with van der Waals surface area (Å²) in [4.78, 5) is 6.04. The van der Waals surface area contributed by atoms with E-state index in [0.29, 0.717) is 12.1 Å². The van der Waals surface area contributed by atoms with Crippen molar-refractivity contribution in [3.05, 3.63) is 24.0 Å². The lowest BCUT2D eigenvalue weighted by Crippen LogP contribution is -2.21. The molecule has 0 spiro atoms. The van der Waals surface area contributed by atoms with Gasteiger partial charge in [0.2, 0.25) is 0 Å². The van der Waals surface area contributed by atoms with Crippen molar-refractivity contribution in [3.63, 3.8) is 0 Å². The number of aromatic nitrogens is 1. The summed E-state index contributed by atoms with van der Waals surface area (Å²) in [5, 5.41) is 9.77. The Morgan fingerprint density at radius 3 is 2.87 bits per heavy atom. The number of anilines is 1. The topological polar surface area (TPSA) is 62.4 Å². The van der Waals surface area contributed by atoms with Gasteiger partial charge in [-0.3, -0.25) is 4.98 Å². The van der Waals surface area contributed by atoms with Gasteiger partial charge in [-0.15, -0.1) is 0 Å². The molecular weight excluding hydrogens is 190 g/mol. The van der Waals surface area contributed by atoms with Crippen LogP contribution in [-0.4, -0.2) is 41.7 Å². The molecule has 1 rings (SSSR count). The number of hydrogen-bond donors (Lipinski definition) is 2. The standard InChI is InChI=1S/C11H19N3O/c1-14(2)6-4-10(15)7-9-8-13-5-3-11(9)12/h3,5,8,10,15H,4,6-7H2,1-2H3,(H2,12,13). The molecule has 0 amide bonds. The summed E-state index contributed by atoms with van der Waals surface area (Å²) < 4.78 is 0. The highest BCUT2D eigenvalue weighted by molar-refractivity contribution is 5.44. The van der Waals surface area contributed by atoms with Gasteiger partial charge in [-0.05, 0) is 38.7 Å². The second-order valence-electron chi connectivity index (χ2n) is 4.02. The van der Waals surface area contributed by atoms with E-state index in [2.05, 4.69) is 9.88 Å². The van der Waals surface area contributed by atoms with E-state index in [-0.39, 0.29) is 6.10 Å². The summed E-state index contributed by atoms with van der Waals surface area (Å²) in [7, 11) is 3.98. The lowest BCUT2D eigenvalue weighted by molar-refractivity contribution is 0.152. The summed E-state index contributed by atoms with van der Waals surface area (Å²) in [5.41, 5.74) is 7.39. The highest BCUT2D eigenvalue weighted by Crippen LogP contribution is 2.12. The average molecular weight is 209 g/mol. The van der Waals surface area contributed by atoms with E-state index in [9.17, 15) is 5.11 Å². The maximum atomic E-state index is 9.77. The molecule has 1 aromatic heterocycles. The van der Waals surface area contributed by atoms with Crippen molar-refractivity contribution in [1.82, 2.24) is 9.88 Å². The van der Waals surface area contributed by atoms with Gasteiger partial charge in [-0.2, -0.15) is 0 Å². The van der Waals surface area contributed by atoms with E-state index in [0.717, 1.165) is 18.5 Å². The van der Waals surface area contributed by atoms with Crippen LogP contribution in [-0.2, 0) is 6.42 Å². The summed E-state index contributed by atoms with van der Waals surface area (Å²) in [6.07, 6.45) is 4.35. The lowest BCUT2D eigenvalue weighted by Gasteiger charge is -2.14. The first-order valence-electron chi connectivity index (χ1n) is 5.10. The molecule has 0 saturated heterocycles. The lowest BCUT2D eigenvalue weighted by atomic mass is 10.1. The van der Waals surface area contributed by atoms with Gasteiger partial charge in [0, 0.05) is 24.5 Å². The molecule has 84 valence electrons. The van der Waals surface area contributed by atoms with Crippen LogP contribution in [0, 0.1) is 0 Å². The molecule has 3 N–H and O–H groups in total. The molecule has 0 aliphatic carbocycles. The van der Waals surface area contributed by atoms with Gasteiger partial charge in [-0.25, -0.2) is 0 Å². The predicted molar refractivity (Wildman–Crippen MR) is 61.5 cm³/mol. The Kier molecular flexibility index (Phi) is 4.52. The third kappa shape index (κ3) is 4.27. The Balaban J connectivity index is 2.44. The van der Waals surface area contributed by atoms with Gasteiger partial charge in [0.05, 0.1) is 6.10 Å². The van der Waals surface area contributed by atoms with Crippen molar-refractivity contribution in [2.24, 2.45) is 0 Å². The first-order chi connectivity index (χ1) is 7.09. The monoisotopic (exact) mass is 209 g/mol. The van der Waals surface area contributed by atoms with Gasteiger partial charge in [0.15, 0.2) is 0 Å². The van der Waals surface area contributed by atoms with Gasteiger partial charge < -0.3 is 15.7 Å². The highest BCUT2D eigenvalue weighted by Gasteiger charge is 2.08. The Bertz CT molecular complexity index is 302. The zero-order chi connectivity index (χ0) is 11.3. The van der Waals surface area contributed by atoms with Crippen molar-refractivity contribution in [2.45, 2.75) is 18.9 Å². The van der Waals surface area contributed by atoms with Crippen LogP contribution in [0.5, 0.6) is 0 Å². The molecule has 15 heavy (non-hydrogen) atoms. The number of pyridine rings is 1. The van der Waals surface area contributed by atoms with Crippen LogP contribution in [0.2, 0.25) is 0 Å². The summed E-state index contributed by atoms with van der Waals surface area (Å²) in [6, 6.07) is 1.76. The Morgan fingerprint density at radius 1 is 1.53 bits per heavy atom. The largest absolute Gasteiger partial charge is 0.398 e. The van der Waals surface area contributed by atoms with Gasteiger partial charge >= 0.3 is 0 Å². The average Bonchev–Trinajstić information content (AvgIpc) is 2.18. The fourth-order valence-corrected chi connectivity index (χ4v) is 1.37. The summed E-state index contributed by atoms with van der Waals surface area (Å²) in [5.74, 6) is 0. The van der Waals surface area contributed by atoms with Crippen LogP contribution >= 0.6 is 0 Å². The molecule has 1 aromatic rings. The molecular formula is C11H19N3O. The second kappa shape index (κ2) is 5.68. The minimum Gasteiger partial charge on any atom is -0.398 e. The normalized spacial score (nSPS) is 13.1. The van der Waals surface area contributed by atoms with E-state index in [1.165, 1.54) is 0 Å². The number of nitrogens with two attached hydrogens (primary N) is 1. The van der Waals surface area contributed by atoms with Crippen LogP contribution in [0.25, 0.3) is 0 Å². The molecule has 1 heterocycles. The molecule has 1 atom stereocenters. The molecule has 0 radical (unpaired) electrons. The van der Waals surface area contributed by atoms with Crippen LogP contribution < -0.4 is 5.73 Å². The van der Waals surface area contributed by atoms with E-state index in [1.807, 2.05) is 14.1 Å². The van der Waals surface area contributed by atoms with Crippen molar-refractivity contribution in [2.75, 3.05) is 26.4 Å². The fraction of sp³-hybridized carbons (Fsp3) is 0.545. The molecule has 4 nitrogen and oxygen atoms in total. The van der Waals surface area contributed by atoms with Crippen molar-refractivity contribution >= 4 is 5.69 Å². The molecule has 4 heteroatoms. The highest BCUT2D eigenvalue weighted by atomic mass is 16.3. The molecule has 0 aliphatic heterocycles. The predicted octanol–water partition coefficient (Wildman–Crippen LogP) is 0.519. The molecule has 1 unspecified atom stereocenters. The van der Waals surface area contributed by atoms with Gasteiger partial charge in [-0.1, -0.05) is 0 Å². The third-order valence-corrected chi connectivity index (χ3v) is 2.31. The van der Waals surface area contributed by atoms with E-state index >= 15 is 0 Å². The number of rotatable bonds is 5. The molecule has 0 bridgehead atoms. The number of nitrogen functional groups attached to an aromatic ring is 1. The van der Waals surface area contributed by atoms with Crippen LogP contribution in [0.1, 0.15) is 12.0 Å². The Labute approximate surface area is 90.7 Å². The maximum Gasteiger partial charge on any atom is 0.0594 e. The molecule has 0 saturated carbocycles.